The third-order valence-corrected chi connectivity index (χ3v) is 3.75. The standard InChI is InChI=1S/C14H22N4O2/c1-11-10-12(2-3-13(11)14(15)16-20)18-6-4-17(5-7-18)8-9-19/h2-3,10,19-20H,4-9H2,1H3,(H2,15,16). The molecule has 0 unspecified atom stereocenters. The predicted molar refractivity (Wildman–Crippen MR) is 79.4 cm³/mol. The third-order valence-electron chi connectivity index (χ3n) is 3.75. The van der Waals surface area contributed by atoms with Gasteiger partial charge in [0.2, 0.25) is 0 Å². The summed E-state index contributed by atoms with van der Waals surface area (Å²) in [4.78, 5) is 4.57. The lowest BCUT2D eigenvalue weighted by atomic mass is 10.1. The zero-order chi connectivity index (χ0) is 14.5. The van der Waals surface area contributed by atoms with E-state index in [1.54, 1.807) is 0 Å². The number of anilines is 1. The molecule has 0 radical (unpaired) electrons. The molecule has 1 heterocycles. The number of aliphatic hydroxyl groups excluding tert-OH is 1. The minimum atomic E-state index is 0.141. The van der Waals surface area contributed by atoms with Gasteiger partial charge in [-0.3, -0.25) is 4.90 Å². The van der Waals surface area contributed by atoms with Crippen molar-refractivity contribution in [2.45, 2.75) is 6.92 Å². The van der Waals surface area contributed by atoms with Crippen LogP contribution in [0.2, 0.25) is 0 Å². The van der Waals surface area contributed by atoms with Gasteiger partial charge in [-0.1, -0.05) is 5.16 Å². The van der Waals surface area contributed by atoms with E-state index in [1.165, 1.54) is 0 Å². The first kappa shape index (κ1) is 14.6. The highest BCUT2D eigenvalue weighted by molar-refractivity contribution is 5.98. The molecule has 1 saturated heterocycles. The van der Waals surface area contributed by atoms with Gasteiger partial charge in [-0.25, -0.2) is 0 Å². The molecule has 2 rings (SSSR count). The highest BCUT2D eigenvalue weighted by Crippen LogP contribution is 2.20. The Bertz CT molecular complexity index is 482. The van der Waals surface area contributed by atoms with E-state index in [0.717, 1.165) is 49.5 Å². The summed E-state index contributed by atoms with van der Waals surface area (Å²) in [7, 11) is 0. The zero-order valence-corrected chi connectivity index (χ0v) is 11.8. The Labute approximate surface area is 119 Å². The van der Waals surface area contributed by atoms with Gasteiger partial charge in [0, 0.05) is 44.0 Å². The molecular weight excluding hydrogens is 256 g/mol. The van der Waals surface area contributed by atoms with Crippen molar-refractivity contribution >= 4 is 11.5 Å². The number of aryl methyl sites for hydroxylation is 1. The Morgan fingerprint density at radius 2 is 2.00 bits per heavy atom. The second-order valence-corrected chi connectivity index (χ2v) is 5.04. The third kappa shape index (κ3) is 3.20. The van der Waals surface area contributed by atoms with Gasteiger partial charge in [-0.15, -0.1) is 0 Å². The van der Waals surface area contributed by atoms with Gasteiger partial charge in [0.15, 0.2) is 5.84 Å². The van der Waals surface area contributed by atoms with Crippen molar-refractivity contribution in [1.82, 2.24) is 4.90 Å². The molecule has 1 fully saturated rings. The maximum atomic E-state index is 8.94. The van der Waals surface area contributed by atoms with Crippen LogP contribution >= 0.6 is 0 Å². The molecule has 6 heteroatoms. The highest BCUT2D eigenvalue weighted by Gasteiger charge is 2.17. The van der Waals surface area contributed by atoms with Gasteiger partial charge in [0.1, 0.15) is 0 Å². The normalized spacial score (nSPS) is 17.5. The molecule has 0 aliphatic carbocycles. The Balaban J connectivity index is 2.06. The molecule has 0 saturated carbocycles. The molecule has 110 valence electrons. The number of hydrogen-bond acceptors (Lipinski definition) is 5. The van der Waals surface area contributed by atoms with Crippen LogP contribution in [0.25, 0.3) is 0 Å². The van der Waals surface area contributed by atoms with Crippen LogP contribution in [-0.4, -0.2) is 60.4 Å². The minimum absolute atomic E-state index is 0.141. The highest BCUT2D eigenvalue weighted by atomic mass is 16.4. The smallest absolute Gasteiger partial charge is 0.170 e. The minimum Gasteiger partial charge on any atom is -0.409 e. The van der Waals surface area contributed by atoms with Gasteiger partial charge < -0.3 is 20.9 Å². The average molecular weight is 278 g/mol. The Morgan fingerprint density at radius 3 is 2.55 bits per heavy atom. The van der Waals surface area contributed by atoms with Crippen LogP contribution < -0.4 is 10.6 Å². The summed E-state index contributed by atoms with van der Waals surface area (Å²) in [6.07, 6.45) is 0. The van der Waals surface area contributed by atoms with Crippen LogP contribution in [0.4, 0.5) is 5.69 Å². The van der Waals surface area contributed by atoms with E-state index in [-0.39, 0.29) is 12.4 Å². The Kier molecular flexibility index (Phi) is 4.81. The lowest BCUT2D eigenvalue weighted by Crippen LogP contribution is -2.47. The largest absolute Gasteiger partial charge is 0.409 e. The van der Waals surface area contributed by atoms with Gasteiger partial charge in [0.05, 0.1) is 6.61 Å². The van der Waals surface area contributed by atoms with Crippen molar-refractivity contribution in [3.05, 3.63) is 29.3 Å². The first-order valence-electron chi connectivity index (χ1n) is 6.82. The predicted octanol–water partition coefficient (Wildman–Crippen LogP) is 0.204. The summed E-state index contributed by atoms with van der Waals surface area (Å²) in [6, 6.07) is 5.96. The van der Waals surface area contributed by atoms with Crippen LogP contribution in [0.5, 0.6) is 0 Å². The van der Waals surface area contributed by atoms with Crippen molar-refractivity contribution in [3.63, 3.8) is 0 Å². The van der Waals surface area contributed by atoms with E-state index in [2.05, 4.69) is 21.0 Å². The van der Waals surface area contributed by atoms with E-state index in [0.29, 0.717) is 0 Å². The molecule has 20 heavy (non-hydrogen) atoms. The second kappa shape index (κ2) is 6.58. The van der Waals surface area contributed by atoms with E-state index in [1.807, 2.05) is 19.1 Å². The summed E-state index contributed by atoms with van der Waals surface area (Å²) in [6.45, 7) is 6.73. The summed E-state index contributed by atoms with van der Waals surface area (Å²) in [5.41, 5.74) is 8.54. The van der Waals surface area contributed by atoms with Crippen LogP contribution in [0.3, 0.4) is 0 Å². The van der Waals surface area contributed by atoms with Gasteiger partial charge in [0.25, 0.3) is 0 Å². The number of oxime groups is 1. The van der Waals surface area contributed by atoms with Crippen molar-refractivity contribution in [3.8, 4) is 0 Å². The van der Waals surface area contributed by atoms with E-state index in [4.69, 9.17) is 16.0 Å². The van der Waals surface area contributed by atoms with Crippen LogP contribution in [0, 0.1) is 6.92 Å². The van der Waals surface area contributed by atoms with E-state index < -0.39 is 0 Å². The van der Waals surface area contributed by atoms with E-state index in [9.17, 15) is 0 Å². The van der Waals surface area contributed by atoms with Crippen LogP contribution in [0.15, 0.2) is 23.4 Å². The molecule has 1 aromatic carbocycles. The fourth-order valence-corrected chi connectivity index (χ4v) is 2.56. The maximum absolute atomic E-state index is 8.94. The quantitative estimate of drug-likeness (QED) is 0.317. The number of nitrogens with two attached hydrogens (primary N) is 1. The first-order valence-corrected chi connectivity index (χ1v) is 6.82. The Hall–Kier alpha value is -1.79. The first-order chi connectivity index (χ1) is 9.65. The van der Waals surface area contributed by atoms with Crippen LogP contribution in [-0.2, 0) is 0 Å². The van der Waals surface area contributed by atoms with Crippen molar-refractivity contribution in [2.24, 2.45) is 10.9 Å². The molecule has 1 aromatic rings. The van der Waals surface area contributed by atoms with Gasteiger partial charge >= 0.3 is 0 Å². The molecule has 0 atom stereocenters. The second-order valence-electron chi connectivity index (χ2n) is 5.04. The topological polar surface area (TPSA) is 85.3 Å². The fraction of sp³-hybridized carbons (Fsp3) is 0.500. The Morgan fingerprint density at radius 1 is 1.30 bits per heavy atom. The average Bonchev–Trinajstić information content (AvgIpc) is 2.47. The van der Waals surface area contributed by atoms with Gasteiger partial charge in [-0.05, 0) is 30.7 Å². The number of nitrogens with zero attached hydrogens (tertiary/aromatic N) is 3. The SMILES string of the molecule is Cc1cc(N2CCN(CCO)CC2)ccc1/C(N)=N/O. The lowest BCUT2D eigenvalue weighted by molar-refractivity contribution is 0.189. The summed E-state index contributed by atoms with van der Waals surface area (Å²) >= 11 is 0. The van der Waals surface area contributed by atoms with Crippen molar-refractivity contribution in [2.75, 3.05) is 44.2 Å². The molecule has 0 bridgehead atoms. The maximum Gasteiger partial charge on any atom is 0.170 e. The number of benzene rings is 1. The summed E-state index contributed by atoms with van der Waals surface area (Å²) < 4.78 is 0. The molecule has 0 amide bonds. The molecule has 1 aliphatic rings. The molecular formula is C14H22N4O2. The van der Waals surface area contributed by atoms with Crippen LogP contribution in [0.1, 0.15) is 11.1 Å². The monoisotopic (exact) mass is 278 g/mol. The molecule has 1 aliphatic heterocycles. The van der Waals surface area contributed by atoms with Gasteiger partial charge in [-0.2, -0.15) is 0 Å². The number of aliphatic hydroxyl groups is 1. The molecule has 4 N–H and O–H groups in total. The summed E-state index contributed by atoms with van der Waals surface area (Å²) in [5, 5.41) is 20.7. The molecule has 0 aromatic heterocycles. The molecule has 0 spiro atoms. The number of hydrogen-bond donors (Lipinski definition) is 3. The number of piperazine rings is 1. The van der Waals surface area contributed by atoms with Crippen molar-refractivity contribution in [1.29, 1.82) is 0 Å². The molecule has 6 nitrogen and oxygen atoms in total. The number of rotatable bonds is 4. The number of β-amino-alcohol motifs (C(OH)–C–C–N with tert-alkyl or cyclic N) is 1. The zero-order valence-electron chi connectivity index (χ0n) is 11.8. The van der Waals surface area contributed by atoms with E-state index >= 15 is 0 Å². The fourth-order valence-electron chi connectivity index (χ4n) is 2.56. The number of amidine groups is 1. The van der Waals surface area contributed by atoms with Crippen molar-refractivity contribution < 1.29 is 10.3 Å². The summed E-state index contributed by atoms with van der Waals surface area (Å²) in [5.74, 6) is 0.141. The lowest BCUT2D eigenvalue weighted by Gasteiger charge is -2.36.